The molecule has 0 aliphatic heterocycles. The van der Waals surface area contributed by atoms with E-state index in [0.717, 1.165) is 6.42 Å². The molecule has 0 aliphatic rings. The molecule has 0 radical (unpaired) electrons. The third kappa shape index (κ3) is 5.16. The number of carbonyl (C=O) groups is 1. The van der Waals surface area contributed by atoms with E-state index in [1.54, 1.807) is 11.3 Å². The molecule has 5 heteroatoms. The Kier molecular flexibility index (Phi) is 7.43. The summed E-state index contributed by atoms with van der Waals surface area (Å²) >= 11 is 1.69. The molecule has 0 saturated heterocycles. The van der Waals surface area contributed by atoms with Crippen molar-refractivity contribution in [2.45, 2.75) is 25.8 Å². The monoisotopic (exact) mass is 324 g/mol. The molecule has 1 aromatic heterocycles. The molecule has 1 unspecified atom stereocenters. The van der Waals surface area contributed by atoms with Crippen molar-refractivity contribution in [1.82, 2.24) is 5.32 Å². The van der Waals surface area contributed by atoms with Crippen LogP contribution in [0.5, 0.6) is 0 Å². The summed E-state index contributed by atoms with van der Waals surface area (Å²) in [5, 5.41) is 5.17. The molecule has 1 atom stereocenters. The maximum absolute atomic E-state index is 11.9. The summed E-state index contributed by atoms with van der Waals surface area (Å²) in [6.45, 7) is 2.46. The van der Waals surface area contributed by atoms with Crippen LogP contribution in [0, 0.1) is 6.92 Å². The molecule has 2 rings (SSSR count). The van der Waals surface area contributed by atoms with Gasteiger partial charge in [0.05, 0.1) is 6.04 Å². The van der Waals surface area contributed by atoms with Gasteiger partial charge in [-0.25, -0.2) is 0 Å². The predicted octanol–water partition coefficient (Wildman–Crippen LogP) is 3.23. The van der Waals surface area contributed by atoms with Gasteiger partial charge >= 0.3 is 0 Å². The Morgan fingerprint density at radius 2 is 2.00 bits per heavy atom. The van der Waals surface area contributed by atoms with E-state index in [9.17, 15) is 4.79 Å². The highest BCUT2D eigenvalue weighted by molar-refractivity contribution is 7.10. The van der Waals surface area contributed by atoms with Crippen molar-refractivity contribution in [3.05, 3.63) is 57.8 Å². The molecule has 2 aromatic rings. The van der Waals surface area contributed by atoms with Gasteiger partial charge in [-0.2, -0.15) is 0 Å². The van der Waals surface area contributed by atoms with Crippen molar-refractivity contribution >= 4 is 29.7 Å². The average molecular weight is 325 g/mol. The number of hydrogen-bond donors (Lipinski definition) is 2. The molecule has 0 aliphatic carbocycles. The van der Waals surface area contributed by atoms with Gasteiger partial charge < -0.3 is 11.1 Å². The van der Waals surface area contributed by atoms with Crippen molar-refractivity contribution in [3.8, 4) is 0 Å². The number of nitrogens with two attached hydrogens (primary N) is 1. The zero-order valence-electron chi connectivity index (χ0n) is 12.0. The second-order valence-electron chi connectivity index (χ2n) is 4.82. The van der Waals surface area contributed by atoms with Crippen LogP contribution in [-0.2, 0) is 11.2 Å². The van der Waals surface area contributed by atoms with E-state index >= 15 is 0 Å². The number of halogens is 1. The van der Waals surface area contributed by atoms with Crippen LogP contribution in [0.4, 0.5) is 0 Å². The summed E-state index contributed by atoms with van der Waals surface area (Å²) in [5.74, 6) is 0.0150. The fourth-order valence-electron chi connectivity index (χ4n) is 2.20. The number of amides is 1. The van der Waals surface area contributed by atoms with Crippen molar-refractivity contribution in [1.29, 1.82) is 0 Å². The van der Waals surface area contributed by atoms with Gasteiger partial charge in [0.1, 0.15) is 0 Å². The Balaban J connectivity index is 0.00000220. The van der Waals surface area contributed by atoms with Gasteiger partial charge in [0.2, 0.25) is 5.91 Å². The molecular weight excluding hydrogens is 304 g/mol. The fourth-order valence-corrected chi connectivity index (χ4v) is 3.18. The minimum atomic E-state index is 0. The van der Waals surface area contributed by atoms with Crippen LogP contribution in [0.2, 0.25) is 0 Å². The first-order valence-electron chi connectivity index (χ1n) is 6.78. The van der Waals surface area contributed by atoms with Crippen LogP contribution < -0.4 is 11.1 Å². The van der Waals surface area contributed by atoms with Crippen molar-refractivity contribution in [2.75, 3.05) is 6.54 Å². The van der Waals surface area contributed by atoms with E-state index in [4.69, 9.17) is 5.73 Å². The SMILES string of the molecule is Cc1ccsc1C(Cc1ccccc1)NC(=O)CCN.Cl. The standard InChI is InChI=1S/C16H20N2OS.ClH/c1-12-8-10-20-16(12)14(18-15(19)7-9-17)11-13-5-3-2-4-6-13;/h2-6,8,10,14H,7,9,11,17H2,1H3,(H,18,19);1H. The first-order valence-corrected chi connectivity index (χ1v) is 7.66. The highest BCUT2D eigenvalue weighted by atomic mass is 35.5. The van der Waals surface area contributed by atoms with E-state index in [1.807, 2.05) is 18.2 Å². The lowest BCUT2D eigenvalue weighted by atomic mass is 10.0. The first kappa shape index (κ1) is 17.7. The maximum Gasteiger partial charge on any atom is 0.221 e. The number of benzene rings is 1. The lowest BCUT2D eigenvalue weighted by Crippen LogP contribution is -2.31. The Morgan fingerprint density at radius 3 is 2.57 bits per heavy atom. The van der Waals surface area contributed by atoms with Crippen LogP contribution in [0.1, 0.15) is 28.5 Å². The minimum absolute atomic E-state index is 0. The normalized spacial score (nSPS) is 11.5. The number of hydrogen-bond acceptors (Lipinski definition) is 3. The zero-order chi connectivity index (χ0) is 14.4. The zero-order valence-corrected chi connectivity index (χ0v) is 13.7. The first-order chi connectivity index (χ1) is 9.70. The molecule has 21 heavy (non-hydrogen) atoms. The predicted molar refractivity (Wildman–Crippen MR) is 91.0 cm³/mol. The van der Waals surface area contributed by atoms with Gasteiger partial charge in [-0.3, -0.25) is 4.79 Å². The number of thiophene rings is 1. The van der Waals surface area contributed by atoms with E-state index in [0.29, 0.717) is 13.0 Å². The smallest absolute Gasteiger partial charge is 0.221 e. The Bertz CT molecular complexity index is 556. The summed E-state index contributed by atoms with van der Waals surface area (Å²) in [6.07, 6.45) is 1.17. The highest BCUT2D eigenvalue weighted by Crippen LogP contribution is 2.27. The molecule has 1 heterocycles. The lowest BCUT2D eigenvalue weighted by molar-refractivity contribution is -0.121. The summed E-state index contributed by atoms with van der Waals surface area (Å²) in [4.78, 5) is 13.1. The second-order valence-corrected chi connectivity index (χ2v) is 5.76. The molecule has 0 bridgehead atoms. The molecule has 3 nitrogen and oxygen atoms in total. The summed E-state index contributed by atoms with van der Waals surface area (Å²) in [5.41, 5.74) is 7.89. The molecule has 1 aromatic carbocycles. The molecule has 0 spiro atoms. The molecule has 0 fully saturated rings. The Hall–Kier alpha value is -1.36. The number of rotatable bonds is 6. The summed E-state index contributed by atoms with van der Waals surface area (Å²) in [7, 11) is 0. The number of nitrogens with one attached hydrogen (secondary N) is 1. The van der Waals surface area contributed by atoms with Crippen LogP contribution in [0.25, 0.3) is 0 Å². The summed E-state index contributed by atoms with van der Waals surface area (Å²) in [6, 6.07) is 12.3. The van der Waals surface area contributed by atoms with Crippen molar-refractivity contribution < 1.29 is 4.79 Å². The third-order valence-corrected chi connectivity index (χ3v) is 4.34. The molecule has 0 saturated carbocycles. The fraction of sp³-hybridized carbons (Fsp3) is 0.312. The molecule has 114 valence electrons. The van der Waals surface area contributed by atoms with Gasteiger partial charge in [-0.1, -0.05) is 30.3 Å². The number of aryl methyl sites for hydroxylation is 1. The van der Waals surface area contributed by atoms with Gasteiger partial charge in [0.25, 0.3) is 0 Å². The van der Waals surface area contributed by atoms with Crippen LogP contribution in [-0.4, -0.2) is 12.5 Å². The highest BCUT2D eigenvalue weighted by Gasteiger charge is 2.18. The minimum Gasteiger partial charge on any atom is -0.348 e. The number of carbonyl (C=O) groups excluding carboxylic acids is 1. The average Bonchev–Trinajstić information content (AvgIpc) is 2.86. The van der Waals surface area contributed by atoms with Gasteiger partial charge in [-0.05, 0) is 35.9 Å². The van der Waals surface area contributed by atoms with Crippen molar-refractivity contribution in [2.24, 2.45) is 5.73 Å². The Morgan fingerprint density at radius 1 is 1.29 bits per heavy atom. The van der Waals surface area contributed by atoms with Crippen LogP contribution >= 0.6 is 23.7 Å². The van der Waals surface area contributed by atoms with Gasteiger partial charge in [0, 0.05) is 17.8 Å². The lowest BCUT2D eigenvalue weighted by Gasteiger charge is -2.19. The van der Waals surface area contributed by atoms with Gasteiger partial charge in [-0.15, -0.1) is 23.7 Å². The quantitative estimate of drug-likeness (QED) is 0.857. The summed E-state index contributed by atoms with van der Waals surface area (Å²) < 4.78 is 0. The van der Waals surface area contributed by atoms with E-state index in [2.05, 4.69) is 35.8 Å². The molecular formula is C16H21ClN2OS. The van der Waals surface area contributed by atoms with Gasteiger partial charge in [0.15, 0.2) is 0 Å². The van der Waals surface area contributed by atoms with Crippen molar-refractivity contribution in [3.63, 3.8) is 0 Å². The topological polar surface area (TPSA) is 55.1 Å². The maximum atomic E-state index is 11.9. The molecule has 3 N–H and O–H groups in total. The van der Waals surface area contributed by atoms with Crippen LogP contribution in [0.3, 0.4) is 0 Å². The van der Waals surface area contributed by atoms with E-state index < -0.39 is 0 Å². The van der Waals surface area contributed by atoms with E-state index in [1.165, 1.54) is 16.0 Å². The molecule has 1 amide bonds. The van der Waals surface area contributed by atoms with E-state index in [-0.39, 0.29) is 24.4 Å². The third-order valence-electron chi connectivity index (χ3n) is 3.21. The largest absolute Gasteiger partial charge is 0.348 e. The second kappa shape index (κ2) is 8.82. The Labute approximate surface area is 136 Å². The van der Waals surface area contributed by atoms with Crippen LogP contribution in [0.15, 0.2) is 41.8 Å².